The largest absolute Gasteiger partial charge is 0.494 e. The van der Waals surface area contributed by atoms with E-state index in [9.17, 15) is 4.79 Å². The fraction of sp³-hybridized carbons (Fsp3) is 0.500. The van der Waals surface area contributed by atoms with Gasteiger partial charge in [-0.1, -0.05) is 39.0 Å². The van der Waals surface area contributed by atoms with Crippen LogP contribution in [0.1, 0.15) is 89.3 Å². The number of oxazole rings is 1. The van der Waals surface area contributed by atoms with E-state index < -0.39 is 7.12 Å². The second-order valence-corrected chi connectivity index (χ2v) is 12.0. The number of benzene rings is 2. The Morgan fingerprint density at radius 2 is 1.65 bits per heavy atom. The van der Waals surface area contributed by atoms with Crippen molar-refractivity contribution >= 4 is 18.6 Å². The Morgan fingerprint density at radius 3 is 2.23 bits per heavy atom. The first-order valence-electron chi connectivity index (χ1n) is 14.1. The lowest BCUT2D eigenvalue weighted by Gasteiger charge is -2.32. The van der Waals surface area contributed by atoms with Gasteiger partial charge in [-0.3, -0.25) is 4.79 Å². The summed E-state index contributed by atoms with van der Waals surface area (Å²) < 4.78 is 29.6. The zero-order chi connectivity index (χ0) is 29.2. The highest BCUT2D eigenvalue weighted by atomic mass is 16.7. The van der Waals surface area contributed by atoms with E-state index in [1.54, 1.807) is 0 Å². The van der Waals surface area contributed by atoms with Gasteiger partial charge in [-0.15, -0.1) is 0 Å². The van der Waals surface area contributed by atoms with Gasteiger partial charge in [0.1, 0.15) is 11.5 Å². The molecular formula is C32H42BNO6. The molecule has 1 aliphatic rings. The van der Waals surface area contributed by atoms with Gasteiger partial charge in [0, 0.05) is 12.0 Å². The minimum Gasteiger partial charge on any atom is -0.493 e. The van der Waals surface area contributed by atoms with Gasteiger partial charge in [0.15, 0.2) is 0 Å². The van der Waals surface area contributed by atoms with Crippen molar-refractivity contribution in [3.8, 4) is 17.2 Å². The van der Waals surface area contributed by atoms with Crippen molar-refractivity contribution in [1.29, 1.82) is 0 Å². The molecule has 2 heterocycles. The highest BCUT2D eigenvalue weighted by molar-refractivity contribution is 6.62. The summed E-state index contributed by atoms with van der Waals surface area (Å²) in [6.07, 6.45) is 1.01. The van der Waals surface area contributed by atoms with Crippen LogP contribution >= 0.6 is 0 Å². The van der Waals surface area contributed by atoms with Gasteiger partial charge in [0.2, 0.25) is 5.89 Å². The van der Waals surface area contributed by atoms with E-state index in [2.05, 4.69) is 48.5 Å². The molecule has 4 rings (SSSR count). The van der Waals surface area contributed by atoms with Crippen molar-refractivity contribution in [2.75, 3.05) is 13.7 Å². The molecule has 0 aliphatic carbocycles. The van der Waals surface area contributed by atoms with E-state index in [-0.39, 0.29) is 29.0 Å². The first-order valence-corrected chi connectivity index (χ1v) is 14.1. The molecule has 0 N–H and O–H groups in total. The number of rotatable bonds is 10. The van der Waals surface area contributed by atoms with Crippen molar-refractivity contribution in [1.82, 2.24) is 4.98 Å². The summed E-state index contributed by atoms with van der Waals surface area (Å²) in [5.41, 5.74) is 4.23. The van der Waals surface area contributed by atoms with Crippen LogP contribution in [0.4, 0.5) is 0 Å². The van der Waals surface area contributed by atoms with Gasteiger partial charge < -0.3 is 23.2 Å². The van der Waals surface area contributed by atoms with Crippen molar-refractivity contribution in [3.05, 3.63) is 65.0 Å². The molecule has 214 valence electrons. The van der Waals surface area contributed by atoms with Crippen molar-refractivity contribution < 1.29 is 28.0 Å². The minimum absolute atomic E-state index is 0.00184. The topological polar surface area (TPSA) is 80.0 Å². The second kappa shape index (κ2) is 11.8. The van der Waals surface area contributed by atoms with Crippen LogP contribution in [0.3, 0.4) is 0 Å². The third-order valence-corrected chi connectivity index (χ3v) is 8.00. The maximum Gasteiger partial charge on any atom is 0.494 e. The Bertz CT molecular complexity index is 1310. The van der Waals surface area contributed by atoms with Gasteiger partial charge in [-0.05, 0) is 87.8 Å². The van der Waals surface area contributed by atoms with E-state index in [1.165, 1.54) is 7.11 Å². The highest BCUT2D eigenvalue weighted by Gasteiger charge is 2.51. The maximum absolute atomic E-state index is 11.5. The Kier molecular flexibility index (Phi) is 8.81. The van der Waals surface area contributed by atoms with Gasteiger partial charge in [-0.25, -0.2) is 4.98 Å². The summed E-state index contributed by atoms with van der Waals surface area (Å²) >= 11 is 0. The Morgan fingerprint density at radius 1 is 1.00 bits per heavy atom. The molecule has 40 heavy (non-hydrogen) atoms. The summed E-state index contributed by atoms with van der Waals surface area (Å²) in [7, 11) is 1.00. The van der Waals surface area contributed by atoms with Crippen LogP contribution in [0.2, 0.25) is 0 Å². The molecule has 3 aromatic rings. The summed E-state index contributed by atoms with van der Waals surface area (Å²) in [6, 6.07) is 14.0. The molecule has 1 saturated heterocycles. The number of carbonyl (C=O) groups is 1. The number of hydrogen-bond acceptors (Lipinski definition) is 7. The third kappa shape index (κ3) is 6.44. The summed E-state index contributed by atoms with van der Waals surface area (Å²) in [6.45, 7) is 17.0. The molecule has 0 amide bonds. The lowest BCUT2D eigenvalue weighted by molar-refractivity contribution is -0.140. The lowest BCUT2D eigenvalue weighted by Crippen LogP contribution is -2.41. The predicted molar refractivity (Wildman–Crippen MR) is 157 cm³/mol. The van der Waals surface area contributed by atoms with Gasteiger partial charge in [-0.2, -0.15) is 0 Å². The summed E-state index contributed by atoms with van der Waals surface area (Å²) in [5.74, 6) is 2.22. The van der Waals surface area contributed by atoms with Crippen molar-refractivity contribution in [2.45, 2.75) is 91.3 Å². The molecule has 1 aliphatic heterocycles. The molecule has 1 aromatic heterocycles. The Labute approximate surface area is 238 Å². The second-order valence-electron chi connectivity index (χ2n) is 12.0. The number of hydrogen-bond donors (Lipinski definition) is 0. The quantitative estimate of drug-likeness (QED) is 0.216. The number of nitrogens with zero attached hydrogens (tertiary/aromatic N) is 1. The van der Waals surface area contributed by atoms with E-state index >= 15 is 0 Å². The van der Waals surface area contributed by atoms with E-state index in [4.69, 9.17) is 28.2 Å². The average Bonchev–Trinajstić information content (AvgIpc) is 3.45. The normalized spacial score (nSPS) is 16.8. The molecule has 7 nitrogen and oxygen atoms in total. The number of aromatic nitrogens is 1. The number of methoxy groups -OCH3 is 1. The SMILES string of the molecule is COC(=O)CCc1ccc(OCC(C)c2oc(-c3ccc(B4OC(C)(C)C(C)(C)O4)cc3)nc2C(C)C)cc1C. The molecule has 0 bridgehead atoms. The zero-order valence-electron chi connectivity index (χ0n) is 25.3. The highest BCUT2D eigenvalue weighted by Crippen LogP contribution is 2.37. The van der Waals surface area contributed by atoms with Crippen LogP contribution < -0.4 is 10.2 Å². The van der Waals surface area contributed by atoms with Crippen LogP contribution in [0.25, 0.3) is 11.5 Å². The van der Waals surface area contributed by atoms with Crippen LogP contribution in [0.5, 0.6) is 5.75 Å². The third-order valence-electron chi connectivity index (χ3n) is 8.00. The van der Waals surface area contributed by atoms with E-state index in [1.807, 2.05) is 49.4 Å². The number of aryl methyl sites for hydroxylation is 2. The Hall–Kier alpha value is -3.10. The van der Waals surface area contributed by atoms with E-state index in [0.717, 1.165) is 39.4 Å². The maximum atomic E-state index is 11.5. The van der Waals surface area contributed by atoms with Gasteiger partial charge in [0.25, 0.3) is 0 Å². The Balaban J connectivity index is 1.45. The number of carbonyl (C=O) groups excluding carboxylic acids is 1. The smallest absolute Gasteiger partial charge is 0.493 e. The van der Waals surface area contributed by atoms with E-state index in [0.29, 0.717) is 25.3 Å². The van der Waals surface area contributed by atoms with Crippen LogP contribution in [-0.4, -0.2) is 43.0 Å². The molecular weight excluding hydrogens is 505 g/mol. The van der Waals surface area contributed by atoms with Crippen LogP contribution in [0.15, 0.2) is 46.9 Å². The number of ether oxygens (including phenoxy) is 2. The fourth-order valence-electron chi connectivity index (χ4n) is 4.67. The van der Waals surface area contributed by atoms with Crippen LogP contribution in [0, 0.1) is 6.92 Å². The molecule has 1 atom stereocenters. The molecule has 2 aromatic carbocycles. The summed E-state index contributed by atoms with van der Waals surface area (Å²) in [4.78, 5) is 16.4. The minimum atomic E-state index is -0.409. The first-order chi connectivity index (χ1) is 18.8. The standard InChI is InChI=1S/C32H42BNO6/c1-20(2)28-29(22(4)19-37-26-16-12-23(21(3)18-26)13-17-27(35)36-9)38-30(34-28)24-10-14-25(15-11-24)33-39-31(5,6)32(7,8)40-33/h10-12,14-16,18,20,22H,13,17,19H2,1-9H3. The molecule has 0 radical (unpaired) electrons. The molecule has 1 fully saturated rings. The van der Waals surface area contributed by atoms with Crippen molar-refractivity contribution in [3.63, 3.8) is 0 Å². The predicted octanol–water partition coefficient (Wildman–Crippen LogP) is 6.36. The average molecular weight is 548 g/mol. The first kappa shape index (κ1) is 29.9. The molecule has 0 spiro atoms. The molecule has 8 heteroatoms. The van der Waals surface area contributed by atoms with Gasteiger partial charge in [0.05, 0.1) is 36.5 Å². The lowest BCUT2D eigenvalue weighted by atomic mass is 9.79. The molecule has 1 unspecified atom stereocenters. The van der Waals surface area contributed by atoms with Gasteiger partial charge >= 0.3 is 13.1 Å². The number of esters is 1. The monoisotopic (exact) mass is 547 g/mol. The molecule has 0 saturated carbocycles. The fourth-order valence-corrected chi connectivity index (χ4v) is 4.67. The zero-order valence-corrected chi connectivity index (χ0v) is 25.3. The van der Waals surface area contributed by atoms with Crippen molar-refractivity contribution in [2.24, 2.45) is 0 Å². The summed E-state index contributed by atoms with van der Waals surface area (Å²) in [5, 5.41) is 0. The van der Waals surface area contributed by atoms with Crippen LogP contribution in [-0.2, 0) is 25.3 Å².